The number of benzene rings is 2. The highest BCUT2D eigenvalue weighted by molar-refractivity contribution is 7.88. The zero-order valence-corrected chi connectivity index (χ0v) is 19.6. The van der Waals surface area contributed by atoms with E-state index < -0.39 is 35.3 Å². The van der Waals surface area contributed by atoms with Gasteiger partial charge in [0.25, 0.3) is 0 Å². The monoisotopic (exact) mass is 501 g/mol. The first-order valence-electron chi connectivity index (χ1n) is 10.0. The van der Waals surface area contributed by atoms with Crippen LogP contribution in [0.25, 0.3) is 4.85 Å². The van der Waals surface area contributed by atoms with Gasteiger partial charge in [-0.15, -0.1) is 0 Å². The van der Waals surface area contributed by atoms with Crippen LogP contribution in [0.4, 0.5) is 18.9 Å². The summed E-state index contributed by atoms with van der Waals surface area (Å²) in [5.41, 5.74) is -5.29. The first-order valence-corrected chi connectivity index (χ1v) is 11.4. The number of nitrogens with zero attached hydrogens (tertiary/aromatic N) is 1. The van der Waals surface area contributed by atoms with E-state index in [4.69, 9.17) is 25.3 Å². The summed E-state index contributed by atoms with van der Waals surface area (Å²) in [7, 11) is -7.09. The van der Waals surface area contributed by atoms with Gasteiger partial charge in [0.1, 0.15) is 17.2 Å². The van der Waals surface area contributed by atoms with E-state index in [1.54, 1.807) is 27.7 Å². The Morgan fingerprint density at radius 2 is 1.53 bits per heavy atom. The molecular weight excluding hydrogens is 478 g/mol. The van der Waals surface area contributed by atoms with Crippen LogP contribution in [0, 0.1) is 6.57 Å². The second-order valence-corrected chi connectivity index (χ2v) is 8.97. The molecule has 0 spiro atoms. The Labute approximate surface area is 196 Å². The zero-order chi connectivity index (χ0) is 25.5. The van der Waals surface area contributed by atoms with E-state index >= 15 is 0 Å². The fraction of sp³-hybridized carbons (Fsp3) is 0.381. The van der Waals surface area contributed by atoms with Gasteiger partial charge in [0, 0.05) is 17.8 Å². The number of hydrogen-bond donors (Lipinski definition) is 0. The van der Waals surface area contributed by atoms with Crippen molar-refractivity contribution in [3.8, 4) is 17.2 Å². The summed E-state index contributed by atoms with van der Waals surface area (Å²) in [5, 5.41) is 0. The standard InChI is InChI=1S/C21H23BF3NO7S/c1-14(2)31-22(32-15(3)4)29-13-16-12-19(30-18-8-6-17(26-5)7-9-18)10-11-20(16)33-34(27,28)21(23,24)25/h6-12,14-15H,13H2,1-4H3. The molecule has 0 saturated carbocycles. The second kappa shape index (κ2) is 11.6. The maximum atomic E-state index is 12.9. The molecule has 2 rings (SSSR count). The van der Waals surface area contributed by atoms with E-state index in [0.717, 1.165) is 6.07 Å². The van der Waals surface area contributed by atoms with E-state index in [-0.39, 0.29) is 23.5 Å². The molecule has 34 heavy (non-hydrogen) atoms. The summed E-state index contributed by atoms with van der Waals surface area (Å²) in [6, 6.07) is 9.64. The molecule has 0 aliphatic carbocycles. The number of rotatable bonds is 11. The maximum Gasteiger partial charge on any atom is 0.640 e. The lowest BCUT2D eigenvalue weighted by Crippen LogP contribution is -2.32. The van der Waals surface area contributed by atoms with Gasteiger partial charge < -0.3 is 22.9 Å². The minimum atomic E-state index is -5.92. The highest BCUT2D eigenvalue weighted by Gasteiger charge is 2.48. The predicted molar refractivity (Wildman–Crippen MR) is 118 cm³/mol. The average Bonchev–Trinajstić information content (AvgIpc) is 2.72. The molecule has 0 fully saturated rings. The van der Waals surface area contributed by atoms with Crippen molar-refractivity contribution in [3.05, 3.63) is 59.4 Å². The molecule has 0 saturated heterocycles. The molecule has 0 amide bonds. The van der Waals surface area contributed by atoms with Crippen LogP contribution in [0.1, 0.15) is 33.3 Å². The lowest BCUT2D eigenvalue weighted by atomic mass is 10.1. The van der Waals surface area contributed by atoms with E-state index in [1.165, 1.54) is 36.4 Å². The summed E-state index contributed by atoms with van der Waals surface area (Å²) >= 11 is 0. The molecule has 0 atom stereocenters. The Kier molecular flexibility index (Phi) is 9.34. The number of alkyl halides is 3. The quantitative estimate of drug-likeness (QED) is 0.171. The van der Waals surface area contributed by atoms with E-state index in [9.17, 15) is 21.6 Å². The van der Waals surface area contributed by atoms with Crippen molar-refractivity contribution >= 4 is 23.1 Å². The Morgan fingerprint density at radius 1 is 0.971 bits per heavy atom. The topological polar surface area (TPSA) is 84.7 Å². The molecule has 0 heterocycles. The van der Waals surface area contributed by atoms with Crippen molar-refractivity contribution in [2.45, 2.75) is 52.0 Å². The van der Waals surface area contributed by atoms with Crippen LogP contribution in [-0.4, -0.2) is 33.5 Å². The highest BCUT2D eigenvalue weighted by atomic mass is 32.2. The predicted octanol–water partition coefficient (Wildman–Crippen LogP) is 5.61. The lowest BCUT2D eigenvalue weighted by molar-refractivity contribution is -0.0500. The molecule has 2 aromatic rings. The molecule has 0 N–H and O–H groups in total. The summed E-state index contributed by atoms with van der Waals surface area (Å²) in [6.07, 6.45) is -0.587. The minimum absolute atomic E-state index is 0.0622. The Morgan fingerprint density at radius 3 is 2.03 bits per heavy atom. The van der Waals surface area contributed by atoms with Crippen LogP contribution < -0.4 is 8.92 Å². The van der Waals surface area contributed by atoms with Gasteiger partial charge in [-0.1, -0.05) is 12.1 Å². The van der Waals surface area contributed by atoms with Crippen LogP contribution in [0.2, 0.25) is 0 Å². The maximum absolute atomic E-state index is 12.9. The minimum Gasteiger partial charge on any atom is -0.457 e. The van der Waals surface area contributed by atoms with E-state index in [1.807, 2.05) is 0 Å². The van der Waals surface area contributed by atoms with Gasteiger partial charge in [-0.05, 0) is 58.0 Å². The first-order chi connectivity index (χ1) is 15.8. The van der Waals surface area contributed by atoms with Gasteiger partial charge in [-0.2, -0.15) is 21.6 Å². The molecule has 0 aliphatic rings. The van der Waals surface area contributed by atoms with Crippen molar-refractivity contribution in [1.29, 1.82) is 0 Å². The van der Waals surface area contributed by atoms with Crippen LogP contribution in [0.5, 0.6) is 17.2 Å². The molecule has 13 heteroatoms. The summed E-state index contributed by atoms with van der Waals surface area (Å²) < 4.78 is 88.1. The van der Waals surface area contributed by atoms with Gasteiger partial charge in [0.2, 0.25) is 0 Å². The van der Waals surface area contributed by atoms with Gasteiger partial charge in [0.15, 0.2) is 5.69 Å². The van der Waals surface area contributed by atoms with Crippen LogP contribution in [0.3, 0.4) is 0 Å². The molecule has 0 bridgehead atoms. The summed E-state index contributed by atoms with van der Waals surface area (Å²) in [5.74, 6) is -0.0853. The third-order valence-corrected chi connectivity index (χ3v) is 4.82. The number of ether oxygens (including phenoxy) is 1. The van der Waals surface area contributed by atoms with Gasteiger partial charge in [-0.3, -0.25) is 0 Å². The first kappa shape index (κ1) is 27.5. The SMILES string of the molecule is [C-]#[N+]c1ccc(Oc2ccc(OS(=O)(=O)C(F)(F)F)c(COB(OC(C)C)OC(C)C)c2)cc1. The van der Waals surface area contributed by atoms with Crippen LogP contribution in [-0.2, 0) is 30.7 Å². The molecular formula is C21H23BF3NO7S. The molecule has 0 radical (unpaired) electrons. The highest BCUT2D eigenvalue weighted by Crippen LogP contribution is 2.33. The van der Waals surface area contributed by atoms with Crippen molar-refractivity contribution < 1.29 is 44.5 Å². The fourth-order valence-electron chi connectivity index (χ4n) is 2.42. The van der Waals surface area contributed by atoms with E-state index in [2.05, 4.69) is 9.03 Å². The Hall–Kier alpha value is -2.79. The van der Waals surface area contributed by atoms with Gasteiger partial charge in [0.05, 0.1) is 13.2 Å². The zero-order valence-electron chi connectivity index (χ0n) is 18.8. The number of halogens is 3. The molecule has 0 aliphatic heterocycles. The normalized spacial score (nSPS) is 12.0. The second-order valence-electron chi connectivity index (χ2n) is 7.43. The van der Waals surface area contributed by atoms with Crippen LogP contribution in [0.15, 0.2) is 42.5 Å². The third kappa shape index (κ3) is 8.21. The van der Waals surface area contributed by atoms with Crippen molar-refractivity contribution in [3.63, 3.8) is 0 Å². The summed E-state index contributed by atoms with van der Waals surface area (Å²) in [6.45, 7) is 13.5. The Balaban J connectivity index is 2.34. The van der Waals surface area contributed by atoms with Gasteiger partial charge in [-0.25, -0.2) is 4.85 Å². The van der Waals surface area contributed by atoms with Crippen molar-refractivity contribution in [2.24, 2.45) is 0 Å². The van der Waals surface area contributed by atoms with Crippen LogP contribution >= 0.6 is 0 Å². The average molecular weight is 501 g/mol. The Bertz CT molecular complexity index is 1090. The molecule has 2 aromatic carbocycles. The van der Waals surface area contributed by atoms with Gasteiger partial charge >= 0.3 is 22.9 Å². The molecule has 184 valence electrons. The smallest absolute Gasteiger partial charge is 0.457 e. The van der Waals surface area contributed by atoms with Crippen molar-refractivity contribution in [1.82, 2.24) is 0 Å². The van der Waals surface area contributed by atoms with E-state index in [0.29, 0.717) is 11.4 Å². The largest absolute Gasteiger partial charge is 0.640 e. The third-order valence-electron chi connectivity index (χ3n) is 3.86. The summed E-state index contributed by atoms with van der Waals surface area (Å²) in [4.78, 5) is 3.27. The lowest BCUT2D eigenvalue weighted by Gasteiger charge is -2.20. The van der Waals surface area contributed by atoms with Crippen molar-refractivity contribution in [2.75, 3.05) is 0 Å². The molecule has 8 nitrogen and oxygen atoms in total. The molecule has 0 unspecified atom stereocenters. The fourth-order valence-corrected chi connectivity index (χ4v) is 2.91. The molecule has 0 aromatic heterocycles. The number of hydrogen-bond acceptors (Lipinski definition) is 7.